The van der Waals surface area contributed by atoms with Gasteiger partial charge in [-0.2, -0.15) is 0 Å². The lowest BCUT2D eigenvalue weighted by atomic mass is 10.0. The van der Waals surface area contributed by atoms with Crippen LogP contribution in [-0.4, -0.2) is 6.61 Å². The first kappa shape index (κ1) is 30.0. The summed E-state index contributed by atoms with van der Waals surface area (Å²) in [6.07, 6.45) is 35.2. The van der Waals surface area contributed by atoms with Crippen molar-refractivity contribution < 1.29 is 4.74 Å². The fraction of sp³-hybridized carbons (Fsp3) is 0.966. The van der Waals surface area contributed by atoms with Gasteiger partial charge in [0.15, 0.2) is 0 Å². The molecule has 0 aromatic heterocycles. The molecule has 1 heteroatoms. The van der Waals surface area contributed by atoms with Gasteiger partial charge >= 0.3 is 0 Å². The molecular weight excluding hydrogens is 364 g/mol. The van der Waals surface area contributed by atoms with E-state index in [9.17, 15) is 0 Å². The van der Waals surface area contributed by atoms with E-state index in [1.807, 2.05) is 0 Å². The van der Waals surface area contributed by atoms with Gasteiger partial charge in [0.05, 0.1) is 6.61 Å². The number of ether oxygens (including phenoxy) is 1. The molecule has 0 fully saturated rings. The molecule has 0 bridgehead atoms. The highest BCUT2D eigenvalue weighted by atomic mass is 16.5. The minimum absolute atomic E-state index is 0.940. The average molecular weight is 424 g/mol. The molecule has 0 heterocycles. The van der Waals surface area contributed by atoms with E-state index in [-0.39, 0.29) is 0 Å². The van der Waals surface area contributed by atoms with Crippen molar-refractivity contribution in [1.29, 1.82) is 0 Å². The smallest absolute Gasteiger partial charge is 0.0836 e. The second-order valence-corrected chi connectivity index (χ2v) is 9.60. The minimum atomic E-state index is 0.940. The molecule has 1 nitrogen and oxygen atoms in total. The van der Waals surface area contributed by atoms with E-state index < -0.39 is 0 Å². The van der Waals surface area contributed by atoms with Crippen molar-refractivity contribution in [2.24, 2.45) is 0 Å². The molecule has 0 rings (SSSR count). The largest absolute Gasteiger partial charge is 0.376 e. The van der Waals surface area contributed by atoms with Gasteiger partial charge in [-0.1, -0.05) is 162 Å². The fourth-order valence-electron chi connectivity index (χ4n) is 4.26. The first-order valence-corrected chi connectivity index (χ1v) is 14.3. The van der Waals surface area contributed by atoms with Gasteiger partial charge in [-0.25, -0.2) is 0 Å². The molecule has 0 N–H and O–H groups in total. The molecule has 1 radical (unpaired) electrons. The van der Waals surface area contributed by atoms with E-state index in [1.54, 1.807) is 0 Å². The van der Waals surface area contributed by atoms with Gasteiger partial charge in [-0.3, -0.25) is 0 Å². The van der Waals surface area contributed by atoms with Crippen LogP contribution in [0.25, 0.3) is 0 Å². The van der Waals surface area contributed by atoms with E-state index in [4.69, 9.17) is 4.74 Å². The van der Waals surface area contributed by atoms with Crippen molar-refractivity contribution in [3.05, 3.63) is 6.61 Å². The predicted octanol–water partition coefficient (Wildman–Crippen LogP) is 11.0. The van der Waals surface area contributed by atoms with Crippen LogP contribution in [0.4, 0.5) is 0 Å². The van der Waals surface area contributed by atoms with Crippen LogP contribution in [-0.2, 0) is 4.74 Å². The Morgan fingerprint density at radius 1 is 0.367 bits per heavy atom. The Kier molecular flexibility index (Phi) is 28.9. The van der Waals surface area contributed by atoms with Gasteiger partial charge in [0.1, 0.15) is 0 Å². The Bertz CT molecular complexity index is 248. The topological polar surface area (TPSA) is 9.23 Å². The van der Waals surface area contributed by atoms with Gasteiger partial charge in [0.25, 0.3) is 0 Å². The summed E-state index contributed by atoms with van der Waals surface area (Å²) in [5, 5.41) is 0. The lowest BCUT2D eigenvalue weighted by Gasteiger charge is -2.05. The van der Waals surface area contributed by atoms with E-state index >= 15 is 0 Å². The van der Waals surface area contributed by atoms with Crippen LogP contribution in [0.1, 0.15) is 174 Å². The maximum Gasteiger partial charge on any atom is 0.0836 e. The molecule has 0 aromatic carbocycles. The molecule has 0 saturated heterocycles. The maximum atomic E-state index is 5.70. The van der Waals surface area contributed by atoms with Gasteiger partial charge in [0, 0.05) is 6.61 Å². The van der Waals surface area contributed by atoms with Crippen LogP contribution in [0, 0.1) is 6.61 Å². The average Bonchev–Trinajstić information content (AvgIpc) is 2.76. The third-order valence-corrected chi connectivity index (χ3v) is 6.41. The summed E-state index contributed by atoms with van der Waals surface area (Å²) < 4.78 is 5.70. The van der Waals surface area contributed by atoms with Crippen LogP contribution >= 0.6 is 0 Å². The van der Waals surface area contributed by atoms with E-state index in [2.05, 4.69) is 20.5 Å². The van der Waals surface area contributed by atoms with Gasteiger partial charge < -0.3 is 4.74 Å². The van der Waals surface area contributed by atoms with E-state index in [0.717, 1.165) is 13.0 Å². The normalized spacial score (nSPS) is 11.4. The van der Waals surface area contributed by atoms with Crippen molar-refractivity contribution in [2.75, 3.05) is 6.61 Å². The molecular formula is C29H59O. The Morgan fingerprint density at radius 3 is 1.03 bits per heavy atom. The van der Waals surface area contributed by atoms with Gasteiger partial charge in [0.2, 0.25) is 0 Å². The zero-order valence-electron chi connectivity index (χ0n) is 21.4. The lowest BCUT2D eigenvalue weighted by Crippen LogP contribution is -1.92. The fourth-order valence-corrected chi connectivity index (χ4v) is 4.26. The van der Waals surface area contributed by atoms with Crippen LogP contribution in [0.5, 0.6) is 0 Å². The summed E-state index contributed by atoms with van der Waals surface area (Å²) >= 11 is 0. The zero-order chi connectivity index (χ0) is 21.8. The summed E-state index contributed by atoms with van der Waals surface area (Å²) in [4.78, 5) is 0. The second kappa shape index (κ2) is 29.0. The summed E-state index contributed by atoms with van der Waals surface area (Å²) in [5.41, 5.74) is 0. The Balaban J connectivity index is 2.97. The molecule has 0 aromatic rings. The van der Waals surface area contributed by atoms with Crippen LogP contribution in [0.15, 0.2) is 0 Å². The Hall–Kier alpha value is -0.0400. The summed E-state index contributed by atoms with van der Waals surface area (Å²) in [7, 11) is 0. The van der Waals surface area contributed by atoms with Gasteiger partial charge in [-0.05, 0) is 12.8 Å². The molecule has 0 spiro atoms. The zero-order valence-corrected chi connectivity index (χ0v) is 21.4. The molecule has 0 saturated carbocycles. The van der Waals surface area contributed by atoms with E-state index in [0.29, 0.717) is 0 Å². The molecule has 30 heavy (non-hydrogen) atoms. The Morgan fingerprint density at radius 2 is 0.667 bits per heavy atom. The standard InChI is InChI=1S/C29H59O/c1-3-5-7-9-11-13-15-16-17-19-21-23-25-27-29-30-28-26-24-22-20-18-14-12-10-8-6-4-2/h29H,3-28H2,1-2H3. The maximum absolute atomic E-state index is 5.70. The second-order valence-electron chi connectivity index (χ2n) is 9.60. The lowest BCUT2D eigenvalue weighted by molar-refractivity contribution is 0.183. The van der Waals surface area contributed by atoms with Crippen molar-refractivity contribution >= 4 is 0 Å². The summed E-state index contributed by atoms with van der Waals surface area (Å²) in [6.45, 7) is 7.61. The van der Waals surface area contributed by atoms with Crippen LogP contribution in [0.2, 0.25) is 0 Å². The van der Waals surface area contributed by atoms with E-state index in [1.165, 1.54) is 154 Å². The van der Waals surface area contributed by atoms with Crippen molar-refractivity contribution in [1.82, 2.24) is 0 Å². The van der Waals surface area contributed by atoms with Crippen molar-refractivity contribution in [3.8, 4) is 0 Å². The first-order valence-electron chi connectivity index (χ1n) is 14.3. The molecule has 0 atom stereocenters. The quantitative estimate of drug-likeness (QED) is 0.119. The minimum Gasteiger partial charge on any atom is -0.376 e. The molecule has 0 unspecified atom stereocenters. The molecule has 0 amide bonds. The van der Waals surface area contributed by atoms with Gasteiger partial charge in [-0.15, -0.1) is 0 Å². The molecule has 0 aliphatic rings. The monoisotopic (exact) mass is 423 g/mol. The molecule has 0 aliphatic carbocycles. The summed E-state index contributed by atoms with van der Waals surface area (Å²) in [5.74, 6) is 0. The number of hydrogen-bond donors (Lipinski definition) is 0. The van der Waals surface area contributed by atoms with Crippen molar-refractivity contribution in [2.45, 2.75) is 174 Å². The SMILES string of the molecule is CCCCCCCCCCCCCCC[CH]OCCCCCCCCCCCCC. The molecule has 181 valence electrons. The third kappa shape index (κ3) is 28.0. The number of rotatable bonds is 27. The van der Waals surface area contributed by atoms with Crippen LogP contribution < -0.4 is 0 Å². The number of hydrogen-bond acceptors (Lipinski definition) is 1. The summed E-state index contributed by atoms with van der Waals surface area (Å²) in [6, 6.07) is 0. The Labute approximate surface area is 192 Å². The van der Waals surface area contributed by atoms with Crippen molar-refractivity contribution in [3.63, 3.8) is 0 Å². The highest BCUT2D eigenvalue weighted by Gasteiger charge is 1.96. The predicted molar refractivity (Wildman–Crippen MR) is 137 cm³/mol. The number of unbranched alkanes of at least 4 members (excludes halogenated alkanes) is 23. The highest BCUT2D eigenvalue weighted by molar-refractivity contribution is 4.54. The van der Waals surface area contributed by atoms with Crippen LogP contribution in [0.3, 0.4) is 0 Å². The third-order valence-electron chi connectivity index (χ3n) is 6.41. The highest BCUT2D eigenvalue weighted by Crippen LogP contribution is 2.14. The molecule has 0 aliphatic heterocycles. The first-order chi connectivity index (χ1) is 14.9.